The molecule has 0 aliphatic heterocycles. The van der Waals surface area contributed by atoms with Gasteiger partial charge in [-0.1, -0.05) is 158 Å². The molecule has 192 valence electrons. The van der Waals surface area contributed by atoms with Crippen molar-refractivity contribution in [2.75, 3.05) is 0 Å². The molecule has 0 spiro atoms. The van der Waals surface area contributed by atoms with E-state index >= 15 is 0 Å². The van der Waals surface area contributed by atoms with Crippen LogP contribution in [0.2, 0.25) is 24.2 Å². The van der Waals surface area contributed by atoms with E-state index in [-0.39, 0.29) is 0 Å². The molecule has 0 saturated heterocycles. The molecule has 4 aromatic carbocycles. The Morgan fingerprint density at radius 1 is 0.410 bits per heavy atom. The lowest BCUT2D eigenvalue weighted by atomic mass is 9.93. The highest BCUT2D eigenvalue weighted by Crippen LogP contribution is 2.57. The number of hydrogen-bond donors (Lipinski definition) is 0. The molecule has 2 unspecified atom stereocenters. The summed E-state index contributed by atoms with van der Waals surface area (Å²) in [7, 11) is -1.93. The van der Waals surface area contributed by atoms with E-state index in [1.165, 1.54) is 55.7 Å². The Labute approximate surface area is 234 Å². The van der Waals surface area contributed by atoms with Crippen LogP contribution in [0.4, 0.5) is 0 Å². The molecule has 0 heterocycles. The minimum absolute atomic E-state index is 0.450. The molecule has 0 saturated carbocycles. The molecule has 4 aromatic rings. The van der Waals surface area contributed by atoms with Gasteiger partial charge in [0.1, 0.15) is 0 Å². The van der Waals surface area contributed by atoms with Crippen molar-refractivity contribution >= 4 is 30.4 Å². The van der Waals surface area contributed by atoms with E-state index in [1.54, 1.807) is 0 Å². The van der Waals surface area contributed by atoms with Gasteiger partial charge in [0.25, 0.3) is 0 Å². The van der Waals surface area contributed by atoms with Crippen molar-refractivity contribution in [2.45, 2.75) is 38.0 Å². The summed E-state index contributed by atoms with van der Waals surface area (Å²) in [5, 5.41) is 0. The van der Waals surface area contributed by atoms with Crippen molar-refractivity contribution in [1.29, 1.82) is 0 Å². The monoisotopic (exact) mass is 520 g/mol. The maximum Gasteiger partial charge on any atom is 0.0707 e. The Balaban J connectivity index is 1.50. The van der Waals surface area contributed by atoms with Crippen molar-refractivity contribution in [3.8, 4) is 0 Å². The average Bonchev–Trinajstić information content (AvgIpc) is 3.53. The molecule has 6 rings (SSSR count). The normalized spacial score (nSPS) is 19.4. The van der Waals surface area contributed by atoms with Crippen LogP contribution in [0.25, 0.3) is 22.3 Å². The van der Waals surface area contributed by atoms with Gasteiger partial charge in [0.2, 0.25) is 0 Å². The van der Waals surface area contributed by atoms with Gasteiger partial charge >= 0.3 is 0 Å². The molecule has 0 bridgehead atoms. The fourth-order valence-corrected chi connectivity index (χ4v) is 11.0. The first kappa shape index (κ1) is 25.3. The van der Waals surface area contributed by atoms with E-state index in [0.29, 0.717) is 11.1 Å². The molecular formula is C38H36Si. The van der Waals surface area contributed by atoms with Crippen LogP contribution in [0, 0.1) is 0 Å². The SMILES string of the molecule is CC1=C(c2ccccc2)C(c2ccccc2)=CC1[Si](C)(C)C1C=C(c2ccccc2)C(c2ccccc2)=C1C. The van der Waals surface area contributed by atoms with Crippen LogP contribution in [0.5, 0.6) is 0 Å². The molecule has 0 N–H and O–H groups in total. The summed E-state index contributed by atoms with van der Waals surface area (Å²) >= 11 is 0. The molecule has 39 heavy (non-hydrogen) atoms. The van der Waals surface area contributed by atoms with E-state index < -0.39 is 8.07 Å². The highest BCUT2D eigenvalue weighted by atomic mass is 28.3. The van der Waals surface area contributed by atoms with Crippen LogP contribution in [-0.2, 0) is 0 Å². The zero-order chi connectivity index (χ0) is 27.0. The fourth-order valence-electron chi connectivity index (χ4n) is 6.92. The van der Waals surface area contributed by atoms with E-state index in [9.17, 15) is 0 Å². The second-order valence-corrected chi connectivity index (χ2v) is 16.4. The molecule has 2 aliphatic carbocycles. The van der Waals surface area contributed by atoms with Crippen LogP contribution in [-0.4, -0.2) is 8.07 Å². The average molecular weight is 521 g/mol. The Morgan fingerprint density at radius 3 is 1.00 bits per heavy atom. The first-order valence-electron chi connectivity index (χ1n) is 14.0. The van der Waals surface area contributed by atoms with Crippen molar-refractivity contribution in [1.82, 2.24) is 0 Å². The topological polar surface area (TPSA) is 0 Å². The van der Waals surface area contributed by atoms with Crippen molar-refractivity contribution in [3.05, 3.63) is 167 Å². The van der Waals surface area contributed by atoms with Crippen molar-refractivity contribution < 1.29 is 0 Å². The minimum atomic E-state index is -1.93. The molecular weight excluding hydrogens is 485 g/mol. The molecule has 0 nitrogen and oxygen atoms in total. The second-order valence-electron chi connectivity index (χ2n) is 11.5. The number of hydrogen-bond acceptors (Lipinski definition) is 0. The van der Waals surface area contributed by atoms with Gasteiger partial charge in [-0.05, 0) is 69.5 Å². The number of rotatable bonds is 6. The van der Waals surface area contributed by atoms with Gasteiger partial charge in [0, 0.05) is 0 Å². The molecule has 2 atom stereocenters. The van der Waals surface area contributed by atoms with Gasteiger partial charge in [0.15, 0.2) is 0 Å². The standard InChI is InChI=1S/C38H36Si/c1-27-35(25-33(29-17-9-5-10-18-29)37(27)31-21-13-7-14-22-31)39(3,4)36-26-34(30-19-11-6-12-20-30)38(28(36)2)32-23-15-8-16-24-32/h5-26,35-36H,1-4H3. The summed E-state index contributed by atoms with van der Waals surface area (Å²) in [5.41, 5.74) is 14.8. The maximum absolute atomic E-state index is 2.61. The Kier molecular flexibility index (Phi) is 6.70. The lowest BCUT2D eigenvalue weighted by Crippen LogP contribution is -2.37. The van der Waals surface area contributed by atoms with Gasteiger partial charge in [-0.3, -0.25) is 0 Å². The van der Waals surface area contributed by atoms with Crippen LogP contribution >= 0.6 is 0 Å². The number of allylic oxidation sites excluding steroid dienone is 8. The van der Waals surface area contributed by atoms with E-state index in [2.05, 4.69) is 160 Å². The molecule has 1 heteroatoms. The summed E-state index contributed by atoms with van der Waals surface area (Å²) in [6.45, 7) is 10.00. The molecule has 0 fully saturated rings. The summed E-state index contributed by atoms with van der Waals surface area (Å²) in [4.78, 5) is 0. The third kappa shape index (κ3) is 4.51. The quantitative estimate of drug-likeness (QED) is 0.222. The van der Waals surface area contributed by atoms with Gasteiger partial charge < -0.3 is 0 Å². The smallest absolute Gasteiger partial charge is 0.0707 e. The minimum Gasteiger partial charge on any atom is -0.0715 e. The van der Waals surface area contributed by atoms with E-state index in [0.717, 1.165) is 0 Å². The fraction of sp³-hybridized carbons (Fsp3) is 0.158. The third-order valence-corrected chi connectivity index (χ3v) is 13.2. The Hall–Kier alpha value is -3.94. The summed E-state index contributed by atoms with van der Waals surface area (Å²) in [6.07, 6.45) is 5.23. The first-order valence-corrected chi connectivity index (χ1v) is 17.2. The summed E-state index contributed by atoms with van der Waals surface area (Å²) in [5.74, 6) is 0. The van der Waals surface area contributed by atoms with Crippen LogP contribution in [0.3, 0.4) is 0 Å². The lowest BCUT2D eigenvalue weighted by Gasteiger charge is -2.36. The largest absolute Gasteiger partial charge is 0.0715 e. The summed E-state index contributed by atoms with van der Waals surface area (Å²) < 4.78 is 0. The highest BCUT2D eigenvalue weighted by molar-refractivity contribution is 6.83. The molecule has 2 aliphatic rings. The first-order chi connectivity index (χ1) is 19.0. The maximum atomic E-state index is 2.61. The zero-order valence-corrected chi connectivity index (χ0v) is 24.4. The Morgan fingerprint density at radius 2 is 0.692 bits per heavy atom. The molecule has 0 aromatic heterocycles. The van der Waals surface area contributed by atoms with Gasteiger partial charge in [-0.2, -0.15) is 0 Å². The zero-order valence-electron chi connectivity index (χ0n) is 23.4. The molecule has 0 radical (unpaired) electrons. The predicted molar refractivity (Wildman–Crippen MR) is 172 cm³/mol. The van der Waals surface area contributed by atoms with Crippen molar-refractivity contribution in [2.24, 2.45) is 0 Å². The van der Waals surface area contributed by atoms with Crippen LogP contribution < -0.4 is 0 Å². The van der Waals surface area contributed by atoms with E-state index in [4.69, 9.17) is 0 Å². The highest BCUT2D eigenvalue weighted by Gasteiger charge is 2.45. The van der Waals surface area contributed by atoms with Crippen LogP contribution in [0.15, 0.2) is 145 Å². The van der Waals surface area contributed by atoms with Crippen LogP contribution in [0.1, 0.15) is 36.1 Å². The van der Waals surface area contributed by atoms with Gasteiger partial charge in [-0.15, -0.1) is 0 Å². The number of benzene rings is 4. The lowest BCUT2D eigenvalue weighted by molar-refractivity contribution is 1.06. The Bertz CT molecular complexity index is 1480. The third-order valence-electron chi connectivity index (χ3n) is 8.82. The summed E-state index contributed by atoms with van der Waals surface area (Å²) in [6, 6.07) is 43.9. The second kappa shape index (κ2) is 10.3. The van der Waals surface area contributed by atoms with E-state index in [1.807, 2.05) is 0 Å². The van der Waals surface area contributed by atoms with Crippen molar-refractivity contribution in [3.63, 3.8) is 0 Å². The van der Waals surface area contributed by atoms with Gasteiger partial charge in [0.05, 0.1) is 8.07 Å². The molecule has 0 amide bonds. The van der Waals surface area contributed by atoms with Gasteiger partial charge in [-0.25, -0.2) is 0 Å². The predicted octanol–water partition coefficient (Wildman–Crippen LogP) is 10.6.